The molecule has 1 atom stereocenters. The number of carbonyl (C=O) groups excluding carboxylic acids is 1. The van der Waals surface area contributed by atoms with Crippen LogP contribution in [0.15, 0.2) is 23.1 Å². The van der Waals surface area contributed by atoms with E-state index in [4.69, 9.17) is 9.84 Å². The number of carboxylic acid groups (broad SMARTS) is 1. The number of methoxy groups -OCH3 is 1. The largest absolute Gasteiger partial charge is 0.479 e. The molecule has 0 heterocycles. The lowest BCUT2D eigenvalue weighted by Gasteiger charge is -2.11. The van der Waals surface area contributed by atoms with Crippen LogP contribution in [0, 0.1) is 13.8 Å². The number of aryl methyl sites for hydroxylation is 2. The number of amides is 1. The van der Waals surface area contributed by atoms with E-state index in [0.717, 1.165) is 10.5 Å². The molecule has 5 nitrogen and oxygen atoms in total. The van der Waals surface area contributed by atoms with Crippen LogP contribution >= 0.6 is 11.8 Å². The Morgan fingerprint density at radius 3 is 2.65 bits per heavy atom. The Kier molecular flexibility index (Phi) is 6.54. The van der Waals surface area contributed by atoms with Crippen molar-refractivity contribution >= 4 is 23.6 Å². The summed E-state index contributed by atoms with van der Waals surface area (Å²) in [6.45, 7) is 3.99. The number of hydrogen-bond acceptors (Lipinski definition) is 4. The fraction of sp³-hybridized carbons (Fsp3) is 0.429. The third-order valence-electron chi connectivity index (χ3n) is 2.73. The van der Waals surface area contributed by atoms with Crippen LogP contribution < -0.4 is 5.32 Å². The number of carbonyl (C=O) groups is 2. The Labute approximate surface area is 122 Å². The van der Waals surface area contributed by atoms with Gasteiger partial charge in [0.05, 0.1) is 12.3 Å². The van der Waals surface area contributed by atoms with Crippen molar-refractivity contribution in [3.63, 3.8) is 0 Å². The molecule has 0 saturated heterocycles. The van der Waals surface area contributed by atoms with Crippen molar-refractivity contribution in [2.45, 2.75) is 24.8 Å². The molecule has 0 aromatic heterocycles. The quantitative estimate of drug-likeness (QED) is 0.748. The van der Waals surface area contributed by atoms with Gasteiger partial charge in [0.1, 0.15) is 0 Å². The van der Waals surface area contributed by atoms with Gasteiger partial charge < -0.3 is 15.2 Å². The van der Waals surface area contributed by atoms with Gasteiger partial charge in [0.2, 0.25) is 5.91 Å². The summed E-state index contributed by atoms with van der Waals surface area (Å²) in [4.78, 5) is 23.4. The Hall–Kier alpha value is -1.53. The van der Waals surface area contributed by atoms with E-state index in [1.54, 1.807) is 0 Å². The number of carboxylic acids is 1. The summed E-state index contributed by atoms with van der Waals surface area (Å²) in [6, 6.07) is 6.04. The predicted octanol–water partition coefficient (Wildman–Crippen LogP) is 1.61. The molecule has 0 spiro atoms. The Balaban J connectivity index is 2.41. The average molecular weight is 297 g/mol. The van der Waals surface area contributed by atoms with Crippen molar-refractivity contribution < 1.29 is 19.4 Å². The number of benzene rings is 1. The summed E-state index contributed by atoms with van der Waals surface area (Å²) < 4.78 is 4.74. The van der Waals surface area contributed by atoms with Gasteiger partial charge in [-0.05, 0) is 25.5 Å². The molecule has 0 aliphatic carbocycles. The fourth-order valence-corrected chi connectivity index (χ4v) is 2.47. The molecule has 6 heteroatoms. The van der Waals surface area contributed by atoms with Gasteiger partial charge in [-0.1, -0.05) is 17.7 Å². The van der Waals surface area contributed by atoms with E-state index < -0.39 is 12.1 Å². The van der Waals surface area contributed by atoms with Gasteiger partial charge in [0, 0.05) is 12.0 Å². The van der Waals surface area contributed by atoms with Crippen molar-refractivity contribution in [1.82, 2.24) is 5.32 Å². The SMILES string of the molecule is COC(CNC(=O)CSc1ccc(C)cc1C)C(=O)O. The Bertz CT molecular complexity index is 490. The van der Waals surface area contributed by atoms with Crippen LogP contribution in [-0.4, -0.2) is 42.5 Å². The third kappa shape index (κ3) is 5.22. The first-order chi connectivity index (χ1) is 9.43. The van der Waals surface area contributed by atoms with Crippen LogP contribution in [-0.2, 0) is 14.3 Å². The number of aliphatic carboxylic acids is 1. The Morgan fingerprint density at radius 2 is 2.10 bits per heavy atom. The Morgan fingerprint density at radius 1 is 1.40 bits per heavy atom. The molecule has 0 bridgehead atoms. The summed E-state index contributed by atoms with van der Waals surface area (Å²) in [5.41, 5.74) is 2.31. The highest BCUT2D eigenvalue weighted by Crippen LogP contribution is 2.22. The minimum atomic E-state index is -1.09. The molecule has 0 fully saturated rings. The molecule has 1 unspecified atom stereocenters. The van der Waals surface area contributed by atoms with E-state index in [-0.39, 0.29) is 18.2 Å². The maximum absolute atomic E-state index is 11.7. The number of nitrogens with one attached hydrogen (secondary N) is 1. The van der Waals surface area contributed by atoms with Crippen molar-refractivity contribution in [3.8, 4) is 0 Å². The lowest BCUT2D eigenvalue weighted by Crippen LogP contribution is -2.38. The normalized spacial score (nSPS) is 11.9. The van der Waals surface area contributed by atoms with Crippen LogP contribution in [0.2, 0.25) is 0 Å². The third-order valence-corrected chi connectivity index (χ3v) is 3.91. The standard InChI is InChI=1S/C14H19NO4S/c1-9-4-5-12(10(2)6-9)20-8-13(16)15-7-11(19-3)14(17)18/h4-6,11H,7-8H2,1-3H3,(H,15,16)(H,17,18). The monoisotopic (exact) mass is 297 g/mol. The summed E-state index contributed by atoms with van der Waals surface area (Å²) >= 11 is 1.43. The second-order valence-electron chi connectivity index (χ2n) is 4.42. The van der Waals surface area contributed by atoms with Crippen molar-refractivity contribution in [1.29, 1.82) is 0 Å². The van der Waals surface area contributed by atoms with Crippen LogP contribution in [0.3, 0.4) is 0 Å². The van der Waals surface area contributed by atoms with Gasteiger partial charge in [-0.15, -0.1) is 11.8 Å². The van der Waals surface area contributed by atoms with E-state index in [9.17, 15) is 9.59 Å². The van der Waals surface area contributed by atoms with Crippen LogP contribution in [0.25, 0.3) is 0 Å². The molecular formula is C14H19NO4S. The lowest BCUT2D eigenvalue weighted by molar-refractivity contribution is -0.148. The first-order valence-corrected chi connectivity index (χ1v) is 7.15. The van der Waals surface area contributed by atoms with E-state index in [1.165, 1.54) is 24.4 Å². The molecule has 1 aromatic rings. The van der Waals surface area contributed by atoms with E-state index in [0.29, 0.717) is 0 Å². The van der Waals surface area contributed by atoms with Crippen LogP contribution in [0.4, 0.5) is 0 Å². The zero-order valence-electron chi connectivity index (χ0n) is 11.8. The van der Waals surface area contributed by atoms with Crippen molar-refractivity contribution in [2.24, 2.45) is 0 Å². The van der Waals surface area contributed by atoms with Gasteiger partial charge in [0.25, 0.3) is 0 Å². The number of rotatable bonds is 7. The smallest absolute Gasteiger partial charge is 0.334 e. The van der Waals surface area contributed by atoms with Crippen molar-refractivity contribution in [3.05, 3.63) is 29.3 Å². The summed E-state index contributed by atoms with van der Waals surface area (Å²) in [6.07, 6.45) is -1.01. The molecule has 20 heavy (non-hydrogen) atoms. The average Bonchev–Trinajstić information content (AvgIpc) is 2.38. The number of hydrogen-bond donors (Lipinski definition) is 2. The van der Waals surface area contributed by atoms with Gasteiger partial charge in [0.15, 0.2) is 6.10 Å². The molecule has 0 radical (unpaired) electrons. The maximum Gasteiger partial charge on any atom is 0.334 e. The zero-order valence-corrected chi connectivity index (χ0v) is 12.6. The second kappa shape index (κ2) is 7.91. The second-order valence-corrected chi connectivity index (χ2v) is 5.44. The molecule has 0 aliphatic rings. The summed E-state index contributed by atoms with van der Waals surface area (Å²) in [5, 5.41) is 11.3. The highest BCUT2D eigenvalue weighted by Gasteiger charge is 2.17. The molecule has 110 valence electrons. The lowest BCUT2D eigenvalue weighted by atomic mass is 10.2. The van der Waals surface area contributed by atoms with E-state index in [1.807, 2.05) is 26.0 Å². The first-order valence-electron chi connectivity index (χ1n) is 6.16. The topological polar surface area (TPSA) is 75.6 Å². The maximum atomic E-state index is 11.7. The molecule has 2 N–H and O–H groups in total. The van der Waals surface area contributed by atoms with Gasteiger partial charge >= 0.3 is 5.97 Å². The number of ether oxygens (including phenoxy) is 1. The predicted molar refractivity (Wildman–Crippen MR) is 78.1 cm³/mol. The highest BCUT2D eigenvalue weighted by molar-refractivity contribution is 8.00. The van der Waals surface area contributed by atoms with E-state index in [2.05, 4.69) is 11.4 Å². The summed E-state index contributed by atoms with van der Waals surface area (Å²) in [5.74, 6) is -1.05. The minimum Gasteiger partial charge on any atom is -0.479 e. The van der Waals surface area contributed by atoms with Crippen LogP contribution in [0.5, 0.6) is 0 Å². The molecular weight excluding hydrogens is 278 g/mol. The molecule has 0 aliphatic heterocycles. The first kappa shape index (κ1) is 16.5. The van der Waals surface area contributed by atoms with Crippen molar-refractivity contribution in [2.75, 3.05) is 19.4 Å². The fourth-order valence-electron chi connectivity index (χ4n) is 1.63. The minimum absolute atomic E-state index is 0.0297. The molecule has 0 saturated carbocycles. The van der Waals surface area contributed by atoms with E-state index >= 15 is 0 Å². The van der Waals surface area contributed by atoms with Gasteiger partial charge in [-0.2, -0.15) is 0 Å². The molecule has 1 rings (SSSR count). The zero-order chi connectivity index (χ0) is 15.1. The summed E-state index contributed by atoms with van der Waals surface area (Å²) in [7, 11) is 1.30. The molecule has 1 amide bonds. The van der Waals surface area contributed by atoms with Gasteiger partial charge in [-0.25, -0.2) is 4.79 Å². The number of thioether (sulfide) groups is 1. The van der Waals surface area contributed by atoms with Crippen LogP contribution in [0.1, 0.15) is 11.1 Å². The van der Waals surface area contributed by atoms with Gasteiger partial charge in [-0.3, -0.25) is 4.79 Å². The highest BCUT2D eigenvalue weighted by atomic mass is 32.2. The molecule has 1 aromatic carbocycles.